The van der Waals surface area contributed by atoms with E-state index in [1.807, 2.05) is 11.4 Å². The van der Waals surface area contributed by atoms with Crippen LogP contribution in [0.5, 0.6) is 0 Å². The Morgan fingerprint density at radius 3 is 2.86 bits per heavy atom. The summed E-state index contributed by atoms with van der Waals surface area (Å²) in [7, 11) is -3.10. The van der Waals surface area contributed by atoms with Gasteiger partial charge in [-0.2, -0.15) is 0 Å². The standard InChI is InChI=1S/C14H20N2O3S2/c17-13(6-8-16-7-2-10-21(16,18)19)15-14(11-4-5-11)12-3-1-9-20-12/h1,3,9,11,14H,2,4-8,10H2,(H,15,17). The fourth-order valence-electron chi connectivity index (χ4n) is 2.73. The van der Waals surface area contributed by atoms with E-state index in [1.165, 1.54) is 9.18 Å². The molecule has 1 saturated heterocycles. The van der Waals surface area contributed by atoms with Gasteiger partial charge in [-0.3, -0.25) is 4.79 Å². The van der Waals surface area contributed by atoms with E-state index in [4.69, 9.17) is 0 Å². The smallest absolute Gasteiger partial charge is 0.221 e. The number of carbonyl (C=O) groups is 1. The quantitative estimate of drug-likeness (QED) is 0.865. The number of nitrogens with one attached hydrogen (secondary N) is 1. The van der Waals surface area contributed by atoms with Crippen molar-refractivity contribution >= 4 is 27.3 Å². The molecule has 1 unspecified atom stereocenters. The molecule has 1 saturated carbocycles. The summed E-state index contributed by atoms with van der Waals surface area (Å²) in [6, 6.07) is 4.16. The van der Waals surface area contributed by atoms with E-state index in [0.717, 1.165) is 12.8 Å². The molecule has 2 aliphatic rings. The molecule has 1 aromatic heterocycles. The van der Waals surface area contributed by atoms with Crippen molar-refractivity contribution in [3.63, 3.8) is 0 Å². The first-order chi connectivity index (χ1) is 10.1. The molecule has 5 nitrogen and oxygen atoms in total. The van der Waals surface area contributed by atoms with Crippen LogP contribution >= 0.6 is 11.3 Å². The Kier molecular flexibility index (Phi) is 4.33. The van der Waals surface area contributed by atoms with E-state index in [-0.39, 0.29) is 24.1 Å². The molecule has 0 aromatic carbocycles. The van der Waals surface area contributed by atoms with Crippen molar-refractivity contribution in [1.29, 1.82) is 0 Å². The number of sulfonamides is 1. The Balaban J connectivity index is 1.53. The van der Waals surface area contributed by atoms with Gasteiger partial charge in [0.05, 0.1) is 11.8 Å². The lowest BCUT2D eigenvalue weighted by Crippen LogP contribution is -2.34. The zero-order chi connectivity index (χ0) is 14.9. The first-order valence-corrected chi connectivity index (χ1v) is 9.86. The maximum Gasteiger partial charge on any atom is 0.221 e. The van der Waals surface area contributed by atoms with Crippen LogP contribution in [0, 0.1) is 5.92 Å². The number of hydrogen-bond acceptors (Lipinski definition) is 4. The maximum atomic E-state index is 12.1. The lowest BCUT2D eigenvalue weighted by atomic mass is 10.1. The second-order valence-electron chi connectivity index (χ2n) is 5.72. The molecular weight excluding hydrogens is 308 g/mol. The second kappa shape index (κ2) is 6.06. The van der Waals surface area contributed by atoms with Crippen LogP contribution in [0.3, 0.4) is 0 Å². The van der Waals surface area contributed by atoms with Crippen molar-refractivity contribution in [3.05, 3.63) is 22.4 Å². The van der Waals surface area contributed by atoms with Crippen molar-refractivity contribution in [2.75, 3.05) is 18.8 Å². The third kappa shape index (κ3) is 3.64. The minimum Gasteiger partial charge on any atom is -0.348 e. The minimum absolute atomic E-state index is 0.0533. The number of amides is 1. The molecule has 0 bridgehead atoms. The maximum absolute atomic E-state index is 12.1. The minimum atomic E-state index is -3.10. The molecule has 0 spiro atoms. The van der Waals surface area contributed by atoms with Crippen LogP contribution < -0.4 is 5.32 Å². The zero-order valence-corrected chi connectivity index (χ0v) is 13.5. The van der Waals surface area contributed by atoms with E-state index < -0.39 is 10.0 Å². The third-order valence-corrected chi connectivity index (χ3v) is 6.96. The van der Waals surface area contributed by atoms with Crippen LogP contribution in [-0.4, -0.2) is 37.5 Å². The van der Waals surface area contributed by atoms with Crippen LogP contribution in [0.25, 0.3) is 0 Å². The Morgan fingerprint density at radius 1 is 1.48 bits per heavy atom. The Bertz CT molecular complexity index is 594. The summed E-state index contributed by atoms with van der Waals surface area (Å²) < 4.78 is 24.8. The van der Waals surface area contributed by atoms with Crippen LogP contribution in [-0.2, 0) is 14.8 Å². The molecule has 116 valence electrons. The summed E-state index contributed by atoms with van der Waals surface area (Å²) >= 11 is 1.66. The van der Waals surface area contributed by atoms with Gasteiger partial charge >= 0.3 is 0 Å². The van der Waals surface area contributed by atoms with Crippen LogP contribution in [0.2, 0.25) is 0 Å². The Hall–Kier alpha value is -0.920. The zero-order valence-electron chi connectivity index (χ0n) is 11.8. The first-order valence-electron chi connectivity index (χ1n) is 7.37. The van der Waals surface area contributed by atoms with E-state index in [2.05, 4.69) is 11.4 Å². The number of hydrogen-bond donors (Lipinski definition) is 1. The highest BCUT2D eigenvalue weighted by Crippen LogP contribution is 2.42. The third-order valence-electron chi connectivity index (χ3n) is 4.05. The Labute approximate surface area is 129 Å². The van der Waals surface area contributed by atoms with Gasteiger partial charge in [0.15, 0.2) is 0 Å². The summed E-state index contributed by atoms with van der Waals surface area (Å²) in [4.78, 5) is 13.3. The summed E-state index contributed by atoms with van der Waals surface area (Å²) in [5.74, 6) is 0.708. The highest BCUT2D eigenvalue weighted by atomic mass is 32.2. The predicted molar refractivity (Wildman–Crippen MR) is 82.5 cm³/mol. The molecule has 21 heavy (non-hydrogen) atoms. The number of carbonyl (C=O) groups excluding carboxylic acids is 1. The molecule has 1 amide bonds. The molecule has 1 aliphatic heterocycles. The van der Waals surface area contributed by atoms with Gasteiger partial charge in [0.1, 0.15) is 0 Å². The summed E-state index contributed by atoms with van der Waals surface area (Å²) in [6.45, 7) is 0.850. The van der Waals surface area contributed by atoms with Gasteiger partial charge in [0.25, 0.3) is 0 Å². The van der Waals surface area contributed by atoms with Crippen LogP contribution in [0.4, 0.5) is 0 Å². The second-order valence-corrected chi connectivity index (χ2v) is 8.78. The molecular formula is C14H20N2O3S2. The summed E-state index contributed by atoms with van der Waals surface area (Å²) in [6.07, 6.45) is 3.23. The van der Waals surface area contributed by atoms with Gasteiger partial charge in [-0.1, -0.05) is 6.07 Å². The normalized spacial score (nSPS) is 23.0. The summed E-state index contributed by atoms with van der Waals surface area (Å²) in [5.41, 5.74) is 0. The first kappa shape index (κ1) is 15.0. The van der Waals surface area contributed by atoms with Gasteiger partial charge < -0.3 is 5.32 Å². The largest absolute Gasteiger partial charge is 0.348 e. The fourth-order valence-corrected chi connectivity index (χ4v) is 5.13. The van der Waals surface area contributed by atoms with E-state index in [9.17, 15) is 13.2 Å². The molecule has 3 rings (SSSR count). The number of rotatable bonds is 6. The SMILES string of the molecule is O=C(CCN1CCCS1(=O)=O)NC(c1cccs1)C1CC1. The molecule has 7 heteroatoms. The highest BCUT2D eigenvalue weighted by molar-refractivity contribution is 7.89. The van der Waals surface area contributed by atoms with Gasteiger partial charge in [0, 0.05) is 24.4 Å². The van der Waals surface area contributed by atoms with Crippen molar-refractivity contribution in [1.82, 2.24) is 9.62 Å². The lowest BCUT2D eigenvalue weighted by Gasteiger charge is -2.18. The van der Waals surface area contributed by atoms with Crippen molar-refractivity contribution < 1.29 is 13.2 Å². The summed E-state index contributed by atoms with van der Waals surface area (Å²) in [5, 5.41) is 5.10. The molecule has 2 heterocycles. The predicted octanol–water partition coefficient (Wildman–Crippen LogP) is 1.74. The molecule has 1 aromatic rings. The van der Waals surface area contributed by atoms with E-state index in [1.54, 1.807) is 11.3 Å². The van der Waals surface area contributed by atoms with Crippen LogP contribution in [0.15, 0.2) is 17.5 Å². The van der Waals surface area contributed by atoms with Crippen molar-refractivity contribution in [2.24, 2.45) is 5.92 Å². The fraction of sp³-hybridized carbons (Fsp3) is 0.643. The number of thiophene rings is 1. The molecule has 1 atom stereocenters. The lowest BCUT2D eigenvalue weighted by molar-refractivity contribution is -0.122. The number of nitrogens with zero attached hydrogens (tertiary/aromatic N) is 1. The van der Waals surface area contributed by atoms with Gasteiger partial charge in [-0.15, -0.1) is 11.3 Å². The van der Waals surface area contributed by atoms with Gasteiger partial charge in [0.2, 0.25) is 15.9 Å². The molecule has 1 aliphatic carbocycles. The topological polar surface area (TPSA) is 66.5 Å². The van der Waals surface area contributed by atoms with E-state index >= 15 is 0 Å². The highest BCUT2D eigenvalue weighted by Gasteiger charge is 2.34. The van der Waals surface area contributed by atoms with Crippen molar-refractivity contribution in [2.45, 2.75) is 31.7 Å². The molecule has 2 fully saturated rings. The molecule has 0 radical (unpaired) electrons. The van der Waals surface area contributed by atoms with Crippen molar-refractivity contribution in [3.8, 4) is 0 Å². The van der Waals surface area contributed by atoms with E-state index in [0.29, 0.717) is 25.4 Å². The average molecular weight is 328 g/mol. The van der Waals surface area contributed by atoms with Gasteiger partial charge in [-0.05, 0) is 36.6 Å². The van der Waals surface area contributed by atoms with Crippen LogP contribution in [0.1, 0.15) is 36.6 Å². The molecule has 1 N–H and O–H groups in total. The Morgan fingerprint density at radius 2 is 2.29 bits per heavy atom. The monoisotopic (exact) mass is 328 g/mol. The average Bonchev–Trinajstić information content (AvgIpc) is 3.01. The van der Waals surface area contributed by atoms with Gasteiger partial charge in [-0.25, -0.2) is 12.7 Å².